The third-order valence-corrected chi connectivity index (χ3v) is 4.94. The zero-order valence-corrected chi connectivity index (χ0v) is 16.8. The Labute approximate surface area is 165 Å². The number of nitrogens with one attached hydrogen (secondary N) is 1. The molecule has 7 nitrogen and oxygen atoms in total. The molecule has 150 valence electrons. The van der Waals surface area contributed by atoms with Crippen LogP contribution < -0.4 is 11.1 Å². The molecule has 1 fully saturated rings. The standard InChI is InChI=1S/C21H29N5O2/c1-21(2,3)26-13-17(10-19(26)27)24-20(28)18(22)9-16-12-25(14-23-16)11-15-7-5-4-6-8-15/h4-8,12,14,17-18H,9-11,13,22H2,1-3H3,(H,24,28)/t17?,18-/m0/s1. The Morgan fingerprint density at radius 1 is 1.32 bits per heavy atom. The summed E-state index contributed by atoms with van der Waals surface area (Å²) in [6, 6.07) is 9.22. The van der Waals surface area contributed by atoms with E-state index in [1.54, 1.807) is 11.2 Å². The number of likely N-dealkylation sites (tertiary alicyclic amines) is 1. The topological polar surface area (TPSA) is 93.2 Å². The number of nitrogens with two attached hydrogens (primary N) is 1. The highest BCUT2D eigenvalue weighted by molar-refractivity contribution is 5.85. The lowest BCUT2D eigenvalue weighted by molar-refractivity contribution is -0.131. The number of rotatable bonds is 6. The van der Waals surface area contributed by atoms with Crippen LogP contribution in [0.5, 0.6) is 0 Å². The molecule has 1 aliphatic heterocycles. The fraction of sp³-hybridized carbons (Fsp3) is 0.476. The second-order valence-electron chi connectivity index (χ2n) is 8.42. The van der Waals surface area contributed by atoms with Gasteiger partial charge in [-0.15, -0.1) is 0 Å². The largest absolute Gasteiger partial charge is 0.350 e. The third-order valence-electron chi connectivity index (χ3n) is 4.94. The predicted octanol–water partition coefficient (Wildman–Crippen LogP) is 1.32. The van der Waals surface area contributed by atoms with Gasteiger partial charge in [-0.3, -0.25) is 9.59 Å². The molecule has 0 bridgehead atoms. The van der Waals surface area contributed by atoms with Gasteiger partial charge in [0.15, 0.2) is 0 Å². The summed E-state index contributed by atoms with van der Waals surface area (Å²) >= 11 is 0. The number of amides is 2. The van der Waals surface area contributed by atoms with Crippen molar-refractivity contribution in [3.05, 3.63) is 54.1 Å². The monoisotopic (exact) mass is 383 g/mol. The SMILES string of the molecule is CC(C)(C)N1CC(NC(=O)[C@@H](N)Cc2cn(Cc3ccccc3)cn2)CC1=O. The first kappa shape index (κ1) is 20.1. The molecule has 0 saturated carbocycles. The number of aromatic nitrogens is 2. The second-order valence-corrected chi connectivity index (χ2v) is 8.42. The fourth-order valence-corrected chi connectivity index (χ4v) is 3.47. The quantitative estimate of drug-likeness (QED) is 0.787. The Morgan fingerprint density at radius 2 is 2.04 bits per heavy atom. The van der Waals surface area contributed by atoms with Crippen LogP contribution in [0, 0.1) is 0 Å². The van der Waals surface area contributed by atoms with E-state index < -0.39 is 6.04 Å². The van der Waals surface area contributed by atoms with E-state index in [-0.39, 0.29) is 23.4 Å². The maximum Gasteiger partial charge on any atom is 0.237 e. The van der Waals surface area contributed by atoms with Crippen LogP contribution in [-0.2, 0) is 22.6 Å². The number of hydrogen-bond acceptors (Lipinski definition) is 4. The van der Waals surface area contributed by atoms with Gasteiger partial charge in [0.05, 0.1) is 24.1 Å². The molecule has 2 aromatic rings. The molecule has 3 N–H and O–H groups in total. The van der Waals surface area contributed by atoms with Crippen LogP contribution >= 0.6 is 0 Å². The fourth-order valence-electron chi connectivity index (χ4n) is 3.47. The average Bonchev–Trinajstić information content (AvgIpc) is 3.21. The van der Waals surface area contributed by atoms with E-state index in [2.05, 4.69) is 22.4 Å². The molecular formula is C21H29N5O2. The van der Waals surface area contributed by atoms with E-state index in [0.717, 1.165) is 12.2 Å². The number of imidazole rings is 1. The summed E-state index contributed by atoms with van der Waals surface area (Å²) in [5, 5.41) is 2.92. The van der Waals surface area contributed by atoms with E-state index in [1.807, 2.05) is 49.7 Å². The summed E-state index contributed by atoms with van der Waals surface area (Å²) < 4.78 is 1.98. The van der Waals surface area contributed by atoms with Crippen LogP contribution in [0.2, 0.25) is 0 Å². The van der Waals surface area contributed by atoms with Gasteiger partial charge >= 0.3 is 0 Å². The summed E-state index contributed by atoms with van der Waals surface area (Å²) in [6.07, 6.45) is 4.35. The first-order valence-electron chi connectivity index (χ1n) is 9.63. The van der Waals surface area contributed by atoms with E-state index >= 15 is 0 Å². The van der Waals surface area contributed by atoms with Crippen molar-refractivity contribution in [2.24, 2.45) is 5.73 Å². The van der Waals surface area contributed by atoms with Gasteiger partial charge in [-0.2, -0.15) is 0 Å². The van der Waals surface area contributed by atoms with E-state index in [4.69, 9.17) is 5.73 Å². The highest BCUT2D eigenvalue weighted by Gasteiger charge is 2.37. The number of benzene rings is 1. The summed E-state index contributed by atoms with van der Waals surface area (Å²) in [6.45, 7) is 7.22. The highest BCUT2D eigenvalue weighted by Crippen LogP contribution is 2.21. The van der Waals surface area contributed by atoms with Crippen LogP contribution in [0.4, 0.5) is 0 Å². The van der Waals surface area contributed by atoms with Gasteiger partial charge in [0.25, 0.3) is 0 Å². The van der Waals surface area contributed by atoms with Crippen LogP contribution in [-0.4, -0.2) is 50.4 Å². The van der Waals surface area contributed by atoms with Crippen LogP contribution in [0.15, 0.2) is 42.9 Å². The van der Waals surface area contributed by atoms with E-state index in [0.29, 0.717) is 19.4 Å². The van der Waals surface area contributed by atoms with Gasteiger partial charge in [-0.1, -0.05) is 30.3 Å². The van der Waals surface area contributed by atoms with Gasteiger partial charge in [-0.25, -0.2) is 4.98 Å². The van der Waals surface area contributed by atoms with Gasteiger partial charge in [-0.05, 0) is 26.3 Å². The maximum absolute atomic E-state index is 12.5. The van der Waals surface area contributed by atoms with Crippen molar-refractivity contribution in [1.29, 1.82) is 0 Å². The lowest BCUT2D eigenvalue weighted by Crippen LogP contribution is -2.48. The Bertz CT molecular complexity index is 825. The molecule has 28 heavy (non-hydrogen) atoms. The number of carbonyl (C=O) groups is 2. The summed E-state index contributed by atoms with van der Waals surface area (Å²) in [4.78, 5) is 30.8. The van der Waals surface area contributed by atoms with Crippen molar-refractivity contribution in [1.82, 2.24) is 19.8 Å². The Morgan fingerprint density at radius 3 is 2.68 bits per heavy atom. The van der Waals surface area contributed by atoms with Crippen molar-refractivity contribution in [3.63, 3.8) is 0 Å². The predicted molar refractivity (Wildman–Crippen MR) is 107 cm³/mol. The lowest BCUT2D eigenvalue weighted by atomic mass is 10.1. The molecule has 2 heterocycles. The first-order valence-corrected chi connectivity index (χ1v) is 9.63. The average molecular weight is 383 g/mol. The molecule has 1 aliphatic rings. The maximum atomic E-state index is 12.5. The molecule has 2 atom stereocenters. The first-order chi connectivity index (χ1) is 13.2. The minimum atomic E-state index is -0.695. The van der Waals surface area contributed by atoms with Crippen LogP contribution in [0.3, 0.4) is 0 Å². The zero-order valence-electron chi connectivity index (χ0n) is 16.8. The van der Waals surface area contributed by atoms with Crippen molar-refractivity contribution >= 4 is 11.8 Å². The van der Waals surface area contributed by atoms with E-state index in [1.165, 1.54) is 5.56 Å². The molecule has 1 unspecified atom stereocenters. The molecule has 0 aliphatic carbocycles. The normalized spacial score (nSPS) is 18.4. The molecule has 7 heteroatoms. The van der Waals surface area contributed by atoms with Crippen molar-refractivity contribution in [3.8, 4) is 0 Å². The number of carbonyl (C=O) groups excluding carboxylic acids is 2. The molecule has 1 saturated heterocycles. The molecule has 3 rings (SSSR count). The molecule has 1 aromatic heterocycles. The van der Waals surface area contributed by atoms with Gasteiger partial charge in [0.1, 0.15) is 0 Å². The molecule has 0 radical (unpaired) electrons. The van der Waals surface area contributed by atoms with Crippen molar-refractivity contribution < 1.29 is 9.59 Å². The van der Waals surface area contributed by atoms with E-state index in [9.17, 15) is 9.59 Å². The Hall–Kier alpha value is -2.67. The minimum absolute atomic E-state index is 0.0611. The molecule has 2 amide bonds. The van der Waals surface area contributed by atoms with Gasteiger partial charge < -0.3 is 20.5 Å². The Kier molecular flexibility index (Phi) is 5.84. The number of hydrogen-bond donors (Lipinski definition) is 2. The van der Waals surface area contributed by atoms with Gasteiger partial charge in [0.2, 0.25) is 11.8 Å². The zero-order chi connectivity index (χ0) is 20.3. The highest BCUT2D eigenvalue weighted by atomic mass is 16.2. The van der Waals surface area contributed by atoms with Crippen LogP contribution in [0.25, 0.3) is 0 Å². The third kappa shape index (κ3) is 4.98. The number of nitrogens with zero attached hydrogens (tertiary/aromatic N) is 3. The molecule has 1 aromatic carbocycles. The molecule has 0 spiro atoms. The van der Waals surface area contributed by atoms with Crippen LogP contribution in [0.1, 0.15) is 38.4 Å². The van der Waals surface area contributed by atoms with Crippen molar-refractivity contribution in [2.45, 2.75) is 57.8 Å². The van der Waals surface area contributed by atoms with Gasteiger partial charge in [0, 0.05) is 37.7 Å². The summed E-state index contributed by atoms with van der Waals surface area (Å²) in [5.41, 5.74) is 7.80. The lowest BCUT2D eigenvalue weighted by Gasteiger charge is -2.32. The molecular weight excluding hydrogens is 354 g/mol. The smallest absolute Gasteiger partial charge is 0.237 e. The summed E-state index contributed by atoms with van der Waals surface area (Å²) in [5.74, 6) is -0.183. The second kappa shape index (κ2) is 8.14. The summed E-state index contributed by atoms with van der Waals surface area (Å²) in [7, 11) is 0. The Balaban J connectivity index is 1.52. The van der Waals surface area contributed by atoms with Crippen molar-refractivity contribution in [2.75, 3.05) is 6.54 Å². The minimum Gasteiger partial charge on any atom is -0.350 e.